The third-order valence-electron chi connectivity index (χ3n) is 2.22. The monoisotopic (exact) mass is 156 g/mol. The van der Waals surface area contributed by atoms with Crippen LogP contribution in [0, 0.1) is 7.05 Å². The summed E-state index contributed by atoms with van der Waals surface area (Å²) in [5.41, 5.74) is 0. The summed E-state index contributed by atoms with van der Waals surface area (Å²) in [6, 6.07) is 0.116. The van der Waals surface area contributed by atoms with Crippen LogP contribution in [0.25, 0.3) is 0 Å². The standard InChI is InChI=1S/C8H16N2O/c1-9(2)8(11)7-5-4-6-10(7)3/h7,10H,3-6H2,1-2H3/t7-/m0/s1. The zero-order chi connectivity index (χ0) is 8.43. The Morgan fingerprint density at radius 2 is 2.27 bits per heavy atom. The fourth-order valence-electron chi connectivity index (χ4n) is 1.52. The molecule has 2 atom stereocenters. The lowest BCUT2D eigenvalue weighted by Crippen LogP contribution is -3.10. The van der Waals surface area contributed by atoms with Gasteiger partial charge in [0.15, 0.2) is 0 Å². The second kappa shape index (κ2) is 3.22. The molecular formula is C8H16N2O. The van der Waals surface area contributed by atoms with E-state index in [9.17, 15) is 4.79 Å². The van der Waals surface area contributed by atoms with Crippen molar-refractivity contribution in [1.82, 2.24) is 4.90 Å². The lowest BCUT2D eigenvalue weighted by molar-refractivity contribution is -0.857. The van der Waals surface area contributed by atoms with Gasteiger partial charge in [-0.25, -0.2) is 0 Å². The molecule has 0 aromatic heterocycles. The Morgan fingerprint density at radius 3 is 2.64 bits per heavy atom. The molecule has 0 bridgehead atoms. The van der Waals surface area contributed by atoms with E-state index in [2.05, 4.69) is 7.05 Å². The van der Waals surface area contributed by atoms with Crippen LogP contribution in [-0.4, -0.2) is 37.5 Å². The molecule has 1 rings (SSSR count). The Kier molecular flexibility index (Phi) is 2.49. The summed E-state index contributed by atoms with van der Waals surface area (Å²) in [6.45, 7) is 1.03. The predicted molar refractivity (Wildman–Crippen MR) is 42.9 cm³/mol. The molecule has 0 spiro atoms. The van der Waals surface area contributed by atoms with Crippen molar-refractivity contribution in [2.75, 3.05) is 20.6 Å². The maximum Gasteiger partial charge on any atom is 0.278 e. The van der Waals surface area contributed by atoms with Crippen molar-refractivity contribution in [3.8, 4) is 0 Å². The van der Waals surface area contributed by atoms with E-state index >= 15 is 0 Å². The molecule has 3 heteroatoms. The summed E-state index contributed by atoms with van der Waals surface area (Å²) < 4.78 is 0. The van der Waals surface area contributed by atoms with E-state index in [-0.39, 0.29) is 11.9 Å². The molecule has 1 heterocycles. The Balaban J connectivity index is 2.53. The zero-order valence-corrected chi connectivity index (χ0v) is 7.26. The Morgan fingerprint density at radius 1 is 1.64 bits per heavy atom. The molecule has 1 N–H and O–H groups in total. The first-order chi connectivity index (χ1) is 5.13. The Bertz CT molecular complexity index is 156. The average Bonchev–Trinajstić information content (AvgIpc) is 2.33. The summed E-state index contributed by atoms with van der Waals surface area (Å²) >= 11 is 0. The molecule has 1 amide bonds. The molecule has 1 saturated heterocycles. The molecule has 64 valence electrons. The number of rotatable bonds is 1. The van der Waals surface area contributed by atoms with Gasteiger partial charge < -0.3 is 9.80 Å². The second-order valence-electron chi connectivity index (χ2n) is 3.34. The molecule has 1 aliphatic heterocycles. The van der Waals surface area contributed by atoms with E-state index in [1.807, 2.05) is 0 Å². The second-order valence-corrected chi connectivity index (χ2v) is 3.34. The number of carbonyl (C=O) groups is 1. The first kappa shape index (κ1) is 8.53. The van der Waals surface area contributed by atoms with Crippen LogP contribution < -0.4 is 4.90 Å². The molecule has 3 nitrogen and oxygen atoms in total. The lowest BCUT2D eigenvalue weighted by Gasteiger charge is -2.24. The van der Waals surface area contributed by atoms with Crippen LogP contribution in [0.5, 0.6) is 0 Å². The molecule has 0 aliphatic carbocycles. The topological polar surface area (TPSA) is 24.8 Å². The largest absolute Gasteiger partial charge is 0.458 e. The van der Waals surface area contributed by atoms with E-state index in [1.165, 1.54) is 0 Å². The third kappa shape index (κ3) is 1.71. The summed E-state index contributed by atoms with van der Waals surface area (Å²) in [4.78, 5) is 14.2. The van der Waals surface area contributed by atoms with Crippen LogP contribution in [0.2, 0.25) is 0 Å². The zero-order valence-electron chi connectivity index (χ0n) is 7.26. The van der Waals surface area contributed by atoms with Gasteiger partial charge in [-0.15, -0.1) is 0 Å². The summed E-state index contributed by atoms with van der Waals surface area (Å²) in [7, 11) is 7.49. The Hall–Kier alpha value is -0.570. The predicted octanol–water partition coefficient (Wildman–Crippen LogP) is -1.09. The maximum atomic E-state index is 11.4. The fraction of sp³-hybridized carbons (Fsp3) is 0.750. The van der Waals surface area contributed by atoms with Gasteiger partial charge in [0.2, 0.25) is 0 Å². The van der Waals surface area contributed by atoms with Gasteiger partial charge in [-0.2, -0.15) is 7.05 Å². The van der Waals surface area contributed by atoms with Crippen LogP contribution in [0.3, 0.4) is 0 Å². The minimum Gasteiger partial charge on any atom is -0.458 e. The molecule has 0 aromatic rings. The molecule has 0 radical (unpaired) electrons. The van der Waals surface area contributed by atoms with Gasteiger partial charge in [0, 0.05) is 26.9 Å². The SMILES string of the molecule is [CH2-][NH+]1CCC[C@H]1C(=O)N(C)C. The summed E-state index contributed by atoms with van der Waals surface area (Å²) in [6.07, 6.45) is 2.12. The number of hydrogen-bond donors (Lipinski definition) is 1. The summed E-state index contributed by atoms with van der Waals surface area (Å²) in [5, 5.41) is 0. The van der Waals surface area contributed by atoms with Crippen molar-refractivity contribution in [2.24, 2.45) is 0 Å². The van der Waals surface area contributed by atoms with Crippen molar-refractivity contribution in [3.63, 3.8) is 0 Å². The van der Waals surface area contributed by atoms with E-state index in [0.29, 0.717) is 0 Å². The van der Waals surface area contributed by atoms with Crippen LogP contribution >= 0.6 is 0 Å². The smallest absolute Gasteiger partial charge is 0.278 e. The average molecular weight is 156 g/mol. The van der Waals surface area contributed by atoms with Gasteiger partial charge in [-0.3, -0.25) is 4.79 Å². The number of likely N-dealkylation sites (tertiary alicyclic amines) is 1. The Labute approximate surface area is 68.0 Å². The highest BCUT2D eigenvalue weighted by molar-refractivity contribution is 5.80. The number of nitrogens with one attached hydrogen (secondary N) is 1. The van der Waals surface area contributed by atoms with Gasteiger partial charge in [-0.05, 0) is 0 Å². The quantitative estimate of drug-likeness (QED) is 0.480. The number of nitrogens with zero attached hydrogens (tertiary/aromatic N) is 1. The van der Waals surface area contributed by atoms with Crippen molar-refractivity contribution in [2.45, 2.75) is 18.9 Å². The van der Waals surface area contributed by atoms with Crippen molar-refractivity contribution in [3.05, 3.63) is 7.05 Å². The molecule has 1 unspecified atom stereocenters. The fourth-order valence-corrected chi connectivity index (χ4v) is 1.52. The number of carbonyl (C=O) groups excluding carboxylic acids is 1. The number of quaternary nitrogens is 1. The molecule has 0 saturated carbocycles. The van der Waals surface area contributed by atoms with E-state index in [4.69, 9.17) is 0 Å². The maximum absolute atomic E-state index is 11.4. The molecule has 0 aromatic carbocycles. The van der Waals surface area contributed by atoms with Crippen LogP contribution in [-0.2, 0) is 4.79 Å². The van der Waals surface area contributed by atoms with Gasteiger partial charge in [0.1, 0.15) is 6.04 Å². The van der Waals surface area contributed by atoms with E-state index in [0.717, 1.165) is 24.3 Å². The normalized spacial score (nSPS) is 30.5. The van der Waals surface area contributed by atoms with E-state index < -0.39 is 0 Å². The van der Waals surface area contributed by atoms with Crippen molar-refractivity contribution < 1.29 is 9.69 Å². The first-order valence-electron chi connectivity index (χ1n) is 4.01. The van der Waals surface area contributed by atoms with Crippen LogP contribution in [0.15, 0.2) is 0 Å². The lowest BCUT2D eigenvalue weighted by atomic mass is 10.2. The highest BCUT2D eigenvalue weighted by Crippen LogP contribution is 2.01. The van der Waals surface area contributed by atoms with Gasteiger partial charge in [-0.1, -0.05) is 0 Å². The van der Waals surface area contributed by atoms with Gasteiger partial charge in [0.25, 0.3) is 5.91 Å². The van der Waals surface area contributed by atoms with Crippen molar-refractivity contribution in [1.29, 1.82) is 0 Å². The number of amides is 1. The first-order valence-corrected chi connectivity index (χ1v) is 4.01. The third-order valence-corrected chi connectivity index (χ3v) is 2.22. The summed E-state index contributed by atoms with van der Waals surface area (Å²) in [5.74, 6) is 0.215. The molecular weight excluding hydrogens is 140 g/mol. The highest BCUT2D eigenvalue weighted by Gasteiger charge is 2.29. The minimum atomic E-state index is 0.116. The molecule has 1 aliphatic rings. The highest BCUT2D eigenvalue weighted by atomic mass is 16.2. The molecule has 11 heavy (non-hydrogen) atoms. The van der Waals surface area contributed by atoms with Crippen molar-refractivity contribution >= 4 is 5.91 Å². The van der Waals surface area contributed by atoms with Gasteiger partial charge >= 0.3 is 0 Å². The van der Waals surface area contributed by atoms with E-state index in [1.54, 1.807) is 19.0 Å². The van der Waals surface area contributed by atoms with Crippen LogP contribution in [0.1, 0.15) is 12.8 Å². The van der Waals surface area contributed by atoms with Crippen LogP contribution in [0.4, 0.5) is 0 Å². The number of hydrogen-bond acceptors (Lipinski definition) is 1. The molecule has 1 fully saturated rings. The minimum absolute atomic E-state index is 0.116. The number of likely N-dealkylation sites (N-methyl/N-ethyl adjacent to an activating group) is 1. The van der Waals surface area contributed by atoms with Gasteiger partial charge in [0.05, 0.1) is 6.54 Å².